The number of likely N-dealkylation sites (tertiary alicyclic amines) is 1. The fourth-order valence-corrected chi connectivity index (χ4v) is 4.57. The summed E-state index contributed by atoms with van der Waals surface area (Å²) in [5, 5.41) is 6.68. The number of nitrogens with zero attached hydrogens (tertiary/aromatic N) is 6. The van der Waals surface area contributed by atoms with Crippen molar-refractivity contribution < 1.29 is 22.8 Å². The number of aryl methyl sites for hydroxylation is 1. The number of piperidine rings is 1. The molecule has 0 atom stereocenters. The first kappa shape index (κ1) is 27.7. The number of carbonyl (C=O) groups is 2. The van der Waals surface area contributed by atoms with Gasteiger partial charge in [0.2, 0.25) is 5.91 Å². The predicted molar refractivity (Wildman–Crippen MR) is 143 cm³/mol. The lowest BCUT2D eigenvalue weighted by atomic mass is 10.1. The van der Waals surface area contributed by atoms with Gasteiger partial charge in [0, 0.05) is 56.3 Å². The van der Waals surface area contributed by atoms with E-state index in [-0.39, 0.29) is 47.2 Å². The molecule has 1 saturated heterocycles. The molecular weight excluding hydrogens is 539 g/mol. The summed E-state index contributed by atoms with van der Waals surface area (Å²) >= 11 is 0. The molecule has 2 amide bonds. The predicted octanol–water partition coefficient (Wildman–Crippen LogP) is 4.16. The molecule has 1 N–H and O–H groups in total. The largest absolute Gasteiger partial charge is 0.433 e. The van der Waals surface area contributed by atoms with E-state index >= 15 is 0 Å². The Labute approximate surface area is 232 Å². The number of halogens is 3. The summed E-state index contributed by atoms with van der Waals surface area (Å²) < 4.78 is 43.3. The maximum Gasteiger partial charge on any atom is 0.433 e. The quantitative estimate of drug-likeness (QED) is 0.360. The molecule has 4 aromatic rings. The molecule has 0 saturated carbocycles. The zero-order valence-corrected chi connectivity index (χ0v) is 21.8. The molecule has 4 aromatic heterocycles. The lowest BCUT2D eigenvalue weighted by molar-refractivity contribution is -0.142. The fourth-order valence-electron chi connectivity index (χ4n) is 4.57. The van der Waals surface area contributed by atoms with Crippen LogP contribution in [0.2, 0.25) is 0 Å². The Bertz CT molecular complexity index is 1590. The van der Waals surface area contributed by atoms with Crippen LogP contribution in [0.4, 0.5) is 19.0 Å². The van der Waals surface area contributed by atoms with Gasteiger partial charge in [-0.3, -0.25) is 19.4 Å². The first-order valence-corrected chi connectivity index (χ1v) is 13.0. The Morgan fingerprint density at radius 1 is 1.00 bits per heavy atom. The van der Waals surface area contributed by atoms with Gasteiger partial charge >= 0.3 is 6.18 Å². The van der Waals surface area contributed by atoms with E-state index in [4.69, 9.17) is 0 Å². The summed E-state index contributed by atoms with van der Waals surface area (Å²) in [6.45, 7) is 1.56. The molecule has 10 nitrogen and oxygen atoms in total. The van der Waals surface area contributed by atoms with Gasteiger partial charge in [-0.15, -0.1) is 0 Å². The molecule has 13 heteroatoms. The molecular formula is C28H26F3N7O3. The van der Waals surface area contributed by atoms with Crippen LogP contribution in [-0.4, -0.2) is 54.1 Å². The number of aromatic nitrogens is 5. The van der Waals surface area contributed by atoms with E-state index in [0.717, 1.165) is 36.2 Å². The van der Waals surface area contributed by atoms with Crippen LogP contribution in [0, 0.1) is 0 Å². The molecule has 0 unspecified atom stereocenters. The van der Waals surface area contributed by atoms with Crippen molar-refractivity contribution in [2.45, 2.75) is 38.4 Å². The average molecular weight is 566 g/mol. The van der Waals surface area contributed by atoms with Crippen LogP contribution in [0.25, 0.3) is 16.9 Å². The van der Waals surface area contributed by atoms with E-state index < -0.39 is 17.8 Å². The molecule has 0 aromatic carbocycles. The summed E-state index contributed by atoms with van der Waals surface area (Å²) in [5.41, 5.74) is -0.621. The third-order valence-corrected chi connectivity index (χ3v) is 6.71. The number of carbonyl (C=O) groups excluding carboxylic acids is 2. The molecule has 212 valence electrons. The van der Waals surface area contributed by atoms with Crippen LogP contribution in [-0.2, 0) is 17.5 Å². The van der Waals surface area contributed by atoms with Crippen LogP contribution in [0.1, 0.15) is 41.7 Å². The lowest BCUT2D eigenvalue weighted by Gasteiger charge is -2.26. The van der Waals surface area contributed by atoms with Crippen molar-refractivity contribution in [2.24, 2.45) is 0 Å². The number of rotatable bonds is 7. The zero-order valence-electron chi connectivity index (χ0n) is 21.8. The smallest absolute Gasteiger partial charge is 0.343 e. The number of hydrogen-bond acceptors (Lipinski definition) is 6. The van der Waals surface area contributed by atoms with Gasteiger partial charge in [0.05, 0.1) is 23.1 Å². The minimum atomic E-state index is -4.68. The topological polar surface area (TPSA) is 115 Å². The van der Waals surface area contributed by atoms with E-state index in [1.807, 2.05) is 0 Å². The maximum atomic E-state index is 13.8. The highest BCUT2D eigenvalue weighted by atomic mass is 19.4. The fraction of sp³-hybridized carbons (Fsp3) is 0.286. The molecule has 5 heterocycles. The van der Waals surface area contributed by atoms with Gasteiger partial charge < -0.3 is 14.8 Å². The lowest BCUT2D eigenvalue weighted by Crippen LogP contribution is -2.36. The molecule has 0 aliphatic carbocycles. The van der Waals surface area contributed by atoms with E-state index in [9.17, 15) is 27.6 Å². The second kappa shape index (κ2) is 11.7. The number of alkyl halides is 3. The molecule has 1 fully saturated rings. The summed E-state index contributed by atoms with van der Waals surface area (Å²) in [7, 11) is 0. The second-order valence-electron chi connectivity index (χ2n) is 9.56. The number of hydrogen-bond donors (Lipinski definition) is 1. The normalized spacial score (nSPS) is 13.7. The minimum Gasteiger partial charge on any atom is -0.343 e. The van der Waals surface area contributed by atoms with Gasteiger partial charge in [-0.05, 0) is 55.7 Å². The minimum absolute atomic E-state index is 0.0332. The number of anilines is 1. The van der Waals surface area contributed by atoms with E-state index in [1.165, 1.54) is 47.4 Å². The Morgan fingerprint density at radius 2 is 1.80 bits per heavy atom. The maximum absolute atomic E-state index is 13.8. The van der Waals surface area contributed by atoms with Crippen LogP contribution >= 0.6 is 0 Å². The summed E-state index contributed by atoms with van der Waals surface area (Å²) in [5.74, 6) is -0.519. The van der Waals surface area contributed by atoms with Crippen LogP contribution < -0.4 is 10.9 Å². The molecule has 5 rings (SSSR count). The molecule has 0 bridgehead atoms. The Balaban J connectivity index is 1.29. The van der Waals surface area contributed by atoms with E-state index in [0.29, 0.717) is 18.7 Å². The van der Waals surface area contributed by atoms with Gasteiger partial charge in [-0.1, -0.05) is 0 Å². The Hall–Kier alpha value is -4.81. The third-order valence-electron chi connectivity index (χ3n) is 6.71. The first-order valence-electron chi connectivity index (χ1n) is 13.0. The summed E-state index contributed by atoms with van der Waals surface area (Å²) in [6, 6.07) is 9.44. The van der Waals surface area contributed by atoms with Gasteiger partial charge in [0.25, 0.3) is 11.5 Å². The van der Waals surface area contributed by atoms with Crippen molar-refractivity contribution in [2.75, 3.05) is 18.4 Å². The zero-order chi connectivity index (χ0) is 29.0. The monoisotopic (exact) mass is 565 g/mol. The molecule has 1 aliphatic rings. The summed E-state index contributed by atoms with van der Waals surface area (Å²) in [4.78, 5) is 47.4. The molecule has 41 heavy (non-hydrogen) atoms. The van der Waals surface area contributed by atoms with Crippen molar-refractivity contribution in [1.29, 1.82) is 0 Å². The third kappa shape index (κ3) is 6.51. The van der Waals surface area contributed by atoms with Crippen molar-refractivity contribution in [3.63, 3.8) is 0 Å². The summed E-state index contributed by atoms with van der Waals surface area (Å²) in [6.07, 6.45) is 3.96. The Kier molecular flexibility index (Phi) is 7.95. The van der Waals surface area contributed by atoms with Crippen molar-refractivity contribution in [1.82, 2.24) is 29.2 Å². The van der Waals surface area contributed by atoms with Gasteiger partial charge in [0.1, 0.15) is 11.5 Å². The van der Waals surface area contributed by atoms with Gasteiger partial charge in [-0.25, -0.2) is 9.67 Å². The average Bonchev–Trinajstić information content (AvgIpc) is 3.44. The Morgan fingerprint density at radius 3 is 2.49 bits per heavy atom. The molecule has 0 radical (unpaired) electrons. The molecule has 1 aliphatic heterocycles. The highest BCUT2D eigenvalue weighted by molar-refractivity contribution is 6.03. The first-order chi connectivity index (χ1) is 19.7. The van der Waals surface area contributed by atoms with Crippen molar-refractivity contribution in [3.05, 3.63) is 88.9 Å². The second-order valence-corrected chi connectivity index (χ2v) is 9.56. The van der Waals surface area contributed by atoms with Gasteiger partial charge in [-0.2, -0.15) is 18.3 Å². The van der Waals surface area contributed by atoms with Crippen LogP contribution in [0.3, 0.4) is 0 Å². The van der Waals surface area contributed by atoms with Gasteiger partial charge in [0.15, 0.2) is 0 Å². The highest BCUT2D eigenvalue weighted by Gasteiger charge is 2.36. The van der Waals surface area contributed by atoms with Crippen LogP contribution in [0.5, 0.6) is 0 Å². The highest BCUT2D eigenvalue weighted by Crippen LogP contribution is 2.34. The van der Waals surface area contributed by atoms with Crippen molar-refractivity contribution in [3.8, 4) is 16.9 Å². The number of nitrogens with one attached hydrogen (secondary N) is 1. The standard InChI is InChI=1S/C28H26F3N7O3/c29-28(30,31)23-15-22(19-5-4-11-32-16-19)35-38(23)21-7-8-24(33-17-21)34-27(41)20-6-9-25(39)37(18-20)14-10-26(40)36-12-2-1-3-13-36/h4-9,11,15-18H,1-3,10,12-14H2,(H,33,34,41). The SMILES string of the molecule is O=C(Nc1ccc(-n2nc(-c3cccnc3)cc2C(F)(F)F)cn1)c1ccc(=O)n(CCC(=O)N2CCCCC2)c1. The molecule has 0 spiro atoms. The van der Waals surface area contributed by atoms with Crippen molar-refractivity contribution >= 4 is 17.6 Å². The number of pyridine rings is 3. The van der Waals surface area contributed by atoms with Crippen LogP contribution in [0.15, 0.2) is 72.0 Å². The van der Waals surface area contributed by atoms with E-state index in [2.05, 4.69) is 20.4 Å². The number of amides is 2. The van der Waals surface area contributed by atoms with E-state index in [1.54, 1.807) is 17.0 Å².